The first-order valence-corrected chi connectivity index (χ1v) is 10.9. The number of hydrogen-bond acceptors (Lipinski definition) is 3. The number of anilines is 2. The molecule has 158 valence electrons. The Labute approximate surface area is 171 Å². The van der Waals surface area contributed by atoms with E-state index in [1.807, 2.05) is 4.90 Å². The number of rotatable bonds is 3. The number of benzene rings is 1. The molecule has 0 bridgehead atoms. The van der Waals surface area contributed by atoms with Crippen LogP contribution in [0.4, 0.5) is 20.6 Å². The Morgan fingerprint density at radius 3 is 2.59 bits per heavy atom. The summed E-state index contributed by atoms with van der Waals surface area (Å²) in [5, 5.41) is 5.60. The van der Waals surface area contributed by atoms with Crippen LogP contribution in [0.1, 0.15) is 57.8 Å². The minimum atomic E-state index is -0.495. The second kappa shape index (κ2) is 9.11. The number of ether oxygens (including phenoxy) is 1. The van der Waals surface area contributed by atoms with Crippen LogP contribution in [0.15, 0.2) is 18.2 Å². The molecule has 2 unspecified atom stereocenters. The molecule has 1 saturated heterocycles. The molecule has 2 atom stereocenters. The molecular weight excluding hydrogens is 373 g/mol. The van der Waals surface area contributed by atoms with Gasteiger partial charge >= 0.3 is 6.03 Å². The summed E-state index contributed by atoms with van der Waals surface area (Å²) in [4.78, 5) is 27.2. The molecular formula is C22H30FN3O3. The first kappa shape index (κ1) is 20.1. The van der Waals surface area contributed by atoms with Crippen LogP contribution in [0.3, 0.4) is 0 Å². The zero-order valence-corrected chi connectivity index (χ0v) is 16.8. The van der Waals surface area contributed by atoms with Crippen LogP contribution in [0.5, 0.6) is 0 Å². The van der Waals surface area contributed by atoms with Gasteiger partial charge in [0.25, 0.3) is 0 Å². The first-order valence-electron chi connectivity index (χ1n) is 10.9. The Kier molecular flexibility index (Phi) is 6.33. The fraction of sp³-hybridized carbons (Fsp3) is 0.636. The van der Waals surface area contributed by atoms with Crippen molar-refractivity contribution >= 4 is 23.3 Å². The van der Waals surface area contributed by atoms with Gasteiger partial charge < -0.3 is 20.3 Å². The SMILES string of the molecule is O=C(Nc1cc(NC(=O)N2CCOC3CCCCC32)ccc1F)C1CCCCC1. The van der Waals surface area contributed by atoms with Crippen molar-refractivity contribution < 1.29 is 18.7 Å². The minimum Gasteiger partial charge on any atom is -0.374 e. The third-order valence-corrected chi connectivity index (χ3v) is 6.44. The van der Waals surface area contributed by atoms with Crippen LogP contribution < -0.4 is 10.6 Å². The number of urea groups is 1. The smallest absolute Gasteiger partial charge is 0.322 e. The lowest BCUT2D eigenvalue weighted by molar-refractivity contribution is -0.120. The molecule has 2 N–H and O–H groups in total. The number of amides is 3. The van der Waals surface area contributed by atoms with E-state index in [0.717, 1.165) is 57.8 Å². The molecule has 1 heterocycles. The monoisotopic (exact) mass is 403 g/mol. The van der Waals surface area contributed by atoms with Crippen molar-refractivity contribution in [1.29, 1.82) is 0 Å². The lowest BCUT2D eigenvalue weighted by Crippen LogP contribution is -2.55. The van der Waals surface area contributed by atoms with Gasteiger partial charge in [0.05, 0.1) is 24.4 Å². The molecule has 3 fully saturated rings. The predicted octanol–water partition coefficient (Wildman–Crippen LogP) is 4.52. The second-order valence-electron chi connectivity index (χ2n) is 8.40. The highest BCUT2D eigenvalue weighted by molar-refractivity contribution is 5.95. The highest BCUT2D eigenvalue weighted by atomic mass is 19.1. The van der Waals surface area contributed by atoms with Crippen molar-refractivity contribution in [3.8, 4) is 0 Å². The molecule has 6 nitrogen and oxygen atoms in total. The van der Waals surface area contributed by atoms with Gasteiger partial charge in [-0.1, -0.05) is 32.1 Å². The molecule has 4 rings (SSSR count). The van der Waals surface area contributed by atoms with Gasteiger partial charge in [-0.2, -0.15) is 0 Å². The fourth-order valence-corrected chi connectivity index (χ4v) is 4.84. The van der Waals surface area contributed by atoms with E-state index in [9.17, 15) is 14.0 Å². The number of carbonyl (C=O) groups excluding carboxylic acids is 2. The molecule has 0 aromatic heterocycles. The van der Waals surface area contributed by atoms with E-state index in [4.69, 9.17) is 4.74 Å². The third kappa shape index (κ3) is 4.71. The second-order valence-corrected chi connectivity index (χ2v) is 8.40. The van der Waals surface area contributed by atoms with Crippen LogP contribution >= 0.6 is 0 Å². The highest BCUT2D eigenvalue weighted by Crippen LogP contribution is 2.30. The van der Waals surface area contributed by atoms with Crippen molar-refractivity contribution in [3.63, 3.8) is 0 Å². The quantitative estimate of drug-likeness (QED) is 0.780. The Hall–Kier alpha value is -2.15. The fourth-order valence-electron chi connectivity index (χ4n) is 4.84. The molecule has 0 radical (unpaired) electrons. The van der Waals surface area contributed by atoms with E-state index in [0.29, 0.717) is 18.8 Å². The summed E-state index contributed by atoms with van der Waals surface area (Å²) in [6.45, 7) is 1.10. The largest absolute Gasteiger partial charge is 0.374 e. The Balaban J connectivity index is 1.41. The third-order valence-electron chi connectivity index (χ3n) is 6.44. The zero-order chi connectivity index (χ0) is 20.2. The van der Waals surface area contributed by atoms with Crippen molar-refractivity contribution in [1.82, 2.24) is 4.90 Å². The number of hydrogen-bond donors (Lipinski definition) is 2. The van der Waals surface area contributed by atoms with E-state index in [1.165, 1.54) is 18.2 Å². The Bertz CT molecular complexity index is 749. The van der Waals surface area contributed by atoms with Crippen LogP contribution in [-0.4, -0.2) is 42.1 Å². The number of halogens is 1. The molecule has 1 aromatic rings. The van der Waals surface area contributed by atoms with Gasteiger partial charge in [0.1, 0.15) is 5.82 Å². The summed E-state index contributed by atoms with van der Waals surface area (Å²) < 4.78 is 20.1. The van der Waals surface area contributed by atoms with Crippen LogP contribution in [0.2, 0.25) is 0 Å². The minimum absolute atomic E-state index is 0.0574. The Morgan fingerprint density at radius 1 is 1.00 bits per heavy atom. The van der Waals surface area contributed by atoms with Crippen molar-refractivity contribution in [2.24, 2.45) is 5.92 Å². The van der Waals surface area contributed by atoms with Gasteiger partial charge in [0.2, 0.25) is 5.91 Å². The lowest BCUT2D eigenvalue weighted by Gasteiger charge is -2.43. The summed E-state index contributed by atoms with van der Waals surface area (Å²) in [7, 11) is 0. The van der Waals surface area contributed by atoms with E-state index >= 15 is 0 Å². The van der Waals surface area contributed by atoms with E-state index in [1.54, 1.807) is 0 Å². The Morgan fingerprint density at radius 2 is 1.76 bits per heavy atom. The normalized spacial score (nSPS) is 25.2. The van der Waals surface area contributed by atoms with Gasteiger partial charge in [-0.25, -0.2) is 9.18 Å². The maximum atomic E-state index is 14.3. The maximum absolute atomic E-state index is 14.3. The summed E-state index contributed by atoms with van der Waals surface area (Å²) >= 11 is 0. The molecule has 29 heavy (non-hydrogen) atoms. The molecule has 3 aliphatic rings. The number of morpholine rings is 1. The van der Waals surface area contributed by atoms with Gasteiger partial charge in [-0.15, -0.1) is 0 Å². The average molecular weight is 403 g/mol. The summed E-state index contributed by atoms with van der Waals surface area (Å²) in [6, 6.07) is 4.23. The number of nitrogens with zero attached hydrogens (tertiary/aromatic N) is 1. The molecule has 2 aliphatic carbocycles. The topological polar surface area (TPSA) is 70.7 Å². The van der Waals surface area contributed by atoms with E-state index in [2.05, 4.69) is 10.6 Å². The van der Waals surface area contributed by atoms with Gasteiger partial charge in [-0.05, 0) is 43.9 Å². The van der Waals surface area contributed by atoms with Crippen molar-refractivity contribution in [2.45, 2.75) is 69.9 Å². The summed E-state index contributed by atoms with van der Waals surface area (Å²) in [6.07, 6.45) is 9.22. The number of carbonyl (C=O) groups is 2. The number of nitrogens with one attached hydrogen (secondary N) is 2. The van der Waals surface area contributed by atoms with Gasteiger partial charge in [0, 0.05) is 18.2 Å². The molecule has 1 aromatic carbocycles. The summed E-state index contributed by atoms with van der Waals surface area (Å²) in [5.41, 5.74) is 0.602. The van der Waals surface area contributed by atoms with Crippen LogP contribution in [-0.2, 0) is 9.53 Å². The van der Waals surface area contributed by atoms with E-state index in [-0.39, 0.29) is 35.7 Å². The van der Waals surface area contributed by atoms with Crippen molar-refractivity contribution in [3.05, 3.63) is 24.0 Å². The van der Waals surface area contributed by atoms with Gasteiger partial charge in [0.15, 0.2) is 0 Å². The molecule has 7 heteroatoms. The van der Waals surface area contributed by atoms with Crippen molar-refractivity contribution in [2.75, 3.05) is 23.8 Å². The standard InChI is InChI=1S/C22H30FN3O3/c23-17-11-10-16(14-18(17)25-21(27)15-6-2-1-3-7-15)24-22(28)26-12-13-29-20-9-5-4-8-19(20)26/h10-11,14-15,19-20H,1-9,12-13H2,(H,24,28)(H,25,27). The maximum Gasteiger partial charge on any atom is 0.322 e. The number of fused-ring (bicyclic) bond motifs is 1. The first-order chi connectivity index (χ1) is 14.1. The van der Waals surface area contributed by atoms with E-state index < -0.39 is 5.82 Å². The average Bonchev–Trinajstić information content (AvgIpc) is 2.76. The predicted molar refractivity (Wildman–Crippen MR) is 109 cm³/mol. The molecule has 2 saturated carbocycles. The van der Waals surface area contributed by atoms with Gasteiger partial charge in [-0.3, -0.25) is 4.79 Å². The highest BCUT2D eigenvalue weighted by Gasteiger charge is 2.36. The van der Waals surface area contributed by atoms with Crippen LogP contribution in [0.25, 0.3) is 0 Å². The molecule has 0 spiro atoms. The lowest BCUT2D eigenvalue weighted by atomic mass is 9.88. The summed E-state index contributed by atoms with van der Waals surface area (Å²) in [5.74, 6) is -0.686. The van der Waals surface area contributed by atoms with Crippen LogP contribution in [0, 0.1) is 11.7 Å². The zero-order valence-electron chi connectivity index (χ0n) is 16.8. The molecule has 3 amide bonds. The molecule has 1 aliphatic heterocycles.